The van der Waals surface area contributed by atoms with Gasteiger partial charge < -0.3 is 19.9 Å². The van der Waals surface area contributed by atoms with Crippen molar-refractivity contribution in [2.45, 2.75) is 44.3 Å². The molecule has 10 heteroatoms. The normalized spacial score (nSPS) is 25.6. The number of rotatable bonds is 3. The number of hydrogen-bond acceptors (Lipinski definition) is 4. The smallest absolute Gasteiger partial charge is 0.274 e. The fraction of sp³-hybridized carbons (Fsp3) is 0.409. The number of amides is 2. The molecule has 1 aliphatic carbocycles. The van der Waals surface area contributed by atoms with Gasteiger partial charge in [-0.1, -0.05) is 0 Å². The summed E-state index contributed by atoms with van der Waals surface area (Å²) in [5, 5.41) is 12.8. The van der Waals surface area contributed by atoms with Crippen LogP contribution in [0.3, 0.4) is 0 Å². The number of pyridine rings is 1. The van der Waals surface area contributed by atoms with Gasteiger partial charge in [0.25, 0.3) is 11.8 Å². The van der Waals surface area contributed by atoms with Gasteiger partial charge in [-0.2, -0.15) is 0 Å². The van der Waals surface area contributed by atoms with Crippen LogP contribution >= 0.6 is 0 Å². The largest absolute Gasteiger partial charge is 0.503 e. The monoisotopic (exact) mass is 447 g/mol. The Bertz CT molecular complexity index is 1220. The van der Waals surface area contributed by atoms with Gasteiger partial charge in [0.1, 0.15) is 23.0 Å². The van der Waals surface area contributed by atoms with E-state index in [1.54, 1.807) is 9.47 Å². The maximum atomic E-state index is 13.9. The topological polar surface area (TPSA) is 91.6 Å². The Morgan fingerprint density at radius 2 is 1.91 bits per heavy atom. The lowest BCUT2D eigenvalue weighted by Crippen LogP contribution is -2.51. The van der Waals surface area contributed by atoms with E-state index in [9.17, 15) is 32.7 Å². The fourth-order valence-electron chi connectivity index (χ4n) is 5.08. The quantitative estimate of drug-likeness (QED) is 0.755. The lowest BCUT2D eigenvalue weighted by Gasteiger charge is -2.39. The van der Waals surface area contributed by atoms with Crippen molar-refractivity contribution < 1.29 is 27.9 Å². The molecule has 0 unspecified atom stereocenters. The second-order valence-corrected chi connectivity index (χ2v) is 8.83. The Balaban J connectivity index is 1.51. The minimum Gasteiger partial charge on any atom is -0.503 e. The van der Waals surface area contributed by atoms with Crippen LogP contribution in [0.5, 0.6) is 5.75 Å². The summed E-state index contributed by atoms with van der Waals surface area (Å²) in [5.41, 5.74) is -2.66. The predicted octanol–water partition coefficient (Wildman–Crippen LogP) is 2.25. The van der Waals surface area contributed by atoms with Crippen molar-refractivity contribution in [1.29, 1.82) is 0 Å². The Hall–Kier alpha value is -3.30. The molecule has 7 nitrogen and oxygen atoms in total. The maximum Gasteiger partial charge on any atom is 0.274 e. The summed E-state index contributed by atoms with van der Waals surface area (Å²) in [6.45, 7) is 1.73. The lowest BCUT2D eigenvalue weighted by molar-refractivity contribution is 0.0571. The van der Waals surface area contributed by atoms with Gasteiger partial charge in [-0.3, -0.25) is 14.4 Å². The summed E-state index contributed by atoms with van der Waals surface area (Å²) in [7, 11) is 0. The first-order valence-corrected chi connectivity index (χ1v) is 10.4. The second kappa shape index (κ2) is 6.85. The van der Waals surface area contributed by atoms with Crippen molar-refractivity contribution in [2.75, 3.05) is 6.54 Å². The molecule has 1 aromatic heterocycles. The Morgan fingerprint density at radius 3 is 2.59 bits per heavy atom. The van der Waals surface area contributed by atoms with E-state index in [-0.39, 0.29) is 17.7 Å². The van der Waals surface area contributed by atoms with Crippen LogP contribution in [0.15, 0.2) is 23.1 Å². The van der Waals surface area contributed by atoms with Gasteiger partial charge in [-0.05, 0) is 32.1 Å². The molecule has 32 heavy (non-hydrogen) atoms. The van der Waals surface area contributed by atoms with Crippen molar-refractivity contribution >= 4 is 11.8 Å². The van der Waals surface area contributed by atoms with Crippen LogP contribution < -0.4 is 10.7 Å². The molecule has 2 fully saturated rings. The van der Waals surface area contributed by atoms with Crippen LogP contribution in [-0.2, 0) is 12.1 Å². The molecule has 2 amide bonds. The summed E-state index contributed by atoms with van der Waals surface area (Å²) >= 11 is 0. The summed E-state index contributed by atoms with van der Waals surface area (Å²) in [4.78, 5) is 40.1. The Kier molecular flexibility index (Phi) is 4.41. The highest BCUT2D eigenvalue weighted by Crippen LogP contribution is 2.58. The van der Waals surface area contributed by atoms with Gasteiger partial charge in [-0.15, -0.1) is 0 Å². The first kappa shape index (κ1) is 20.6. The summed E-state index contributed by atoms with van der Waals surface area (Å²) in [6.07, 6.45) is 3.70. The third kappa shape index (κ3) is 2.85. The molecule has 3 atom stereocenters. The summed E-state index contributed by atoms with van der Waals surface area (Å²) in [6, 6.07) is 0.945. The number of hydrogen-bond donors (Lipinski definition) is 2. The highest BCUT2D eigenvalue weighted by atomic mass is 19.1. The molecule has 5 rings (SSSR count). The van der Waals surface area contributed by atoms with Crippen molar-refractivity contribution in [3.05, 3.63) is 62.8 Å². The van der Waals surface area contributed by atoms with Crippen molar-refractivity contribution in [1.82, 2.24) is 14.8 Å². The van der Waals surface area contributed by atoms with Gasteiger partial charge in [-0.25, -0.2) is 13.2 Å². The molecule has 3 heterocycles. The molecule has 3 aliphatic rings. The van der Waals surface area contributed by atoms with Crippen LogP contribution in [0.4, 0.5) is 13.2 Å². The van der Waals surface area contributed by atoms with E-state index in [1.165, 1.54) is 6.20 Å². The number of carbonyl (C=O) groups is 2. The van der Waals surface area contributed by atoms with Crippen molar-refractivity contribution in [3.8, 4) is 5.75 Å². The zero-order chi connectivity index (χ0) is 22.9. The van der Waals surface area contributed by atoms with E-state index in [0.29, 0.717) is 18.7 Å². The van der Waals surface area contributed by atoms with Crippen LogP contribution in [0.1, 0.15) is 52.6 Å². The maximum absolute atomic E-state index is 13.9. The van der Waals surface area contributed by atoms with Gasteiger partial charge in [0.15, 0.2) is 11.4 Å². The summed E-state index contributed by atoms with van der Waals surface area (Å²) in [5.74, 6) is -5.44. The summed E-state index contributed by atoms with van der Waals surface area (Å²) < 4.78 is 42.4. The number of halogens is 3. The number of benzene rings is 1. The first-order valence-electron chi connectivity index (χ1n) is 10.4. The van der Waals surface area contributed by atoms with E-state index in [0.717, 1.165) is 19.3 Å². The average molecular weight is 447 g/mol. The third-order valence-electron chi connectivity index (χ3n) is 7.01. The number of aromatic nitrogens is 1. The molecular formula is C22H20F3N3O4. The van der Waals surface area contributed by atoms with Crippen molar-refractivity contribution in [2.24, 2.45) is 5.92 Å². The van der Waals surface area contributed by atoms with E-state index in [2.05, 4.69) is 5.32 Å². The van der Waals surface area contributed by atoms with Gasteiger partial charge in [0.2, 0.25) is 5.43 Å². The van der Waals surface area contributed by atoms with E-state index >= 15 is 0 Å². The first-order chi connectivity index (χ1) is 15.1. The molecule has 2 bridgehead atoms. The minimum atomic E-state index is -1.18. The number of fused-ring (bicyclic) bond motifs is 2. The number of aromatic hydroxyl groups is 1. The molecule has 0 radical (unpaired) electrons. The molecule has 168 valence electrons. The zero-order valence-electron chi connectivity index (χ0n) is 17.1. The lowest BCUT2D eigenvalue weighted by atomic mass is 10.0. The number of nitrogens with one attached hydrogen (secondary N) is 1. The van der Waals surface area contributed by atoms with E-state index < -0.39 is 63.7 Å². The van der Waals surface area contributed by atoms with Crippen molar-refractivity contribution in [3.63, 3.8) is 0 Å². The standard InChI is InChI=1S/C22H20F3N3O4/c1-10-2-3-11-6-22(11)9-27(10)21(32)17-19(30)18(29)14(8-28(17)22)20(31)26-7-13-15(24)4-12(23)5-16(13)25/h4-5,8,10-11,30H,2-3,6-7,9H2,1H3,(H,26,31)/t10-,11+,22-/m1/s1. The predicted molar refractivity (Wildman–Crippen MR) is 106 cm³/mol. The zero-order valence-corrected chi connectivity index (χ0v) is 17.1. The van der Waals surface area contributed by atoms with Crippen LogP contribution in [0, 0.1) is 23.4 Å². The van der Waals surface area contributed by atoms with Gasteiger partial charge >= 0.3 is 0 Å². The molecule has 1 saturated carbocycles. The average Bonchev–Trinajstić information content (AvgIpc) is 3.44. The SMILES string of the molecule is C[C@@H]1CC[C@H]2C[C@@]23CN1C(=O)c1c(O)c(=O)c(C(=O)NCc2c(F)cc(F)cc2F)cn13. The molecule has 1 aromatic carbocycles. The molecular weight excluding hydrogens is 427 g/mol. The third-order valence-corrected chi connectivity index (χ3v) is 7.01. The van der Waals surface area contributed by atoms with Gasteiger partial charge in [0.05, 0.1) is 5.54 Å². The number of carbonyl (C=O) groups excluding carboxylic acids is 2. The Morgan fingerprint density at radius 1 is 1.22 bits per heavy atom. The number of nitrogens with zero attached hydrogens (tertiary/aromatic N) is 2. The molecule has 2 aliphatic heterocycles. The van der Waals surface area contributed by atoms with Gasteiger partial charge in [0, 0.05) is 43.0 Å². The molecule has 1 saturated heterocycles. The second-order valence-electron chi connectivity index (χ2n) is 8.83. The van der Waals surface area contributed by atoms with Crippen LogP contribution in [-0.4, -0.2) is 39.0 Å². The van der Waals surface area contributed by atoms with Crippen LogP contribution in [0.2, 0.25) is 0 Å². The van der Waals surface area contributed by atoms with E-state index in [4.69, 9.17) is 0 Å². The van der Waals surface area contributed by atoms with E-state index in [1.807, 2.05) is 6.92 Å². The fourth-order valence-corrected chi connectivity index (χ4v) is 5.08. The minimum absolute atomic E-state index is 0.0288. The highest BCUT2D eigenvalue weighted by Gasteiger charge is 2.62. The Labute approximate surface area is 180 Å². The molecule has 1 spiro atoms. The molecule has 2 aromatic rings. The molecule has 2 N–H and O–H groups in total. The highest BCUT2D eigenvalue weighted by molar-refractivity contribution is 5.99. The van der Waals surface area contributed by atoms with Crippen LogP contribution in [0.25, 0.3) is 0 Å².